The molecule has 3 N–H and O–H groups in total. The Morgan fingerprint density at radius 1 is 1.30 bits per heavy atom. The minimum atomic E-state index is -0.985. The number of rotatable bonds is 5. The third kappa shape index (κ3) is 4.09. The van der Waals surface area contributed by atoms with Gasteiger partial charge in [-0.05, 0) is 44.6 Å². The van der Waals surface area contributed by atoms with Crippen LogP contribution in [0.2, 0.25) is 0 Å². The minimum Gasteiger partial charge on any atom is -0.343 e. The molecule has 1 saturated carbocycles. The van der Waals surface area contributed by atoms with Crippen LogP contribution in [-0.4, -0.2) is 45.8 Å². The molecule has 1 aromatic rings. The highest BCUT2D eigenvalue weighted by Crippen LogP contribution is 2.35. The van der Waals surface area contributed by atoms with Crippen molar-refractivity contribution in [1.29, 1.82) is 0 Å². The van der Waals surface area contributed by atoms with E-state index in [0.29, 0.717) is 29.3 Å². The van der Waals surface area contributed by atoms with E-state index in [4.69, 9.17) is 0 Å². The van der Waals surface area contributed by atoms with Crippen molar-refractivity contribution in [3.63, 3.8) is 0 Å². The van der Waals surface area contributed by atoms with E-state index in [1.807, 2.05) is 0 Å². The molecular formula is C19H23N5O6. The van der Waals surface area contributed by atoms with E-state index in [-0.39, 0.29) is 11.3 Å². The second kappa shape index (κ2) is 8.09. The quantitative estimate of drug-likeness (QED) is 0.372. The van der Waals surface area contributed by atoms with Gasteiger partial charge in [-0.1, -0.05) is 13.0 Å². The van der Waals surface area contributed by atoms with Gasteiger partial charge >= 0.3 is 6.03 Å². The monoisotopic (exact) mass is 417 g/mol. The second-order valence-electron chi connectivity index (χ2n) is 7.81. The zero-order valence-electron chi connectivity index (χ0n) is 16.7. The number of amides is 5. The van der Waals surface area contributed by atoms with Gasteiger partial charge in [-0.2, -0.15) is 5.01 Å². The molecule has 11 nitrogen and oxygen atoms in total. The Morgan fingerprint density at radius 3 is 2.60 bits per heavy atom. The number of benzene rings is 1. The molecule has 3 rings (SSSR count). The van der Waals surface area contributed by atoms with Crippen molar-refractivity contribution in [3.8, 4) is 0 Å². The number of nitrogens with one attached hydrogen (secondary N) is 3. The standard InChI is InChI=1S/C19H23N5O6/c1-11-5-7-19(8-6-11)17(27)23(18(28)21-19)22-15(25)10-20-16(26)13-4-3-12(2)14(9-13)24(29)30/h3-4,9,11H,5-8,10H2,1-2H3,(H,20,26)(H,21,28)(H,22,25). The molecule has 1 heterocycles. The van der Waals surface area contributed by atoms with Crippen LogP contribution in [0.4, 0.5) is 10.5 Å². The maximum atomic E-state index is 12.7. The van der Waals surface area contributed by atoms with Crippen molar-refractivity contribution in [1.82, 2.24) is 21.1 Å². The summed E-state index contributed by atoms with van der Waals surface area (Å²) in [7, 11) is 0. The third-order valence-electron chi connectivity index (χ3n) is 5.60. The SMILES string of the molecule is Cc1ccc(C(=O)NCC(=O)NN2C(=O)NC3(CCC(C)CC3)C2=O)cc1[N+](=O)[O-]. The average Bonchev–Trinajstić information content (AvgIpc) is 2.93. The fourth-order valence-electron chi connectivity index (χ4n) is 3.69. The van der Waals surface area contributed by atoms with Gasteiger partial charge in [0.1, 0.15) is 5.54 Å². The molecule has 1 aliphatic carbocycles. The summed E-state index contributed by atoms with van der Waals surface area (Å²) in [5.41, 5.74) is 1.44. The summed E-state index contributed by atoms with van der Waals surface area (Å²) in [4.78, 5) is 59.7. The maximum Gasteiger partial charge on any atom is 0.344 e. The normalized spacial score (nSPS) is 23.3. The fourth-order valence-corrected chi connectivity index (χ4v) is 3.69. The summed E-state index contributed by atoms with van der Waals surface area (Å²) in [6.45, 7) is 3.12. The predicted octanol–water partition coefficient (Wildman–Crippen LogP) is 1.16. The van der Waals surface area contributed by atoms with Crippen molar-refractivity contribution >= 4 is 29.4 Å². The zero-order chi connectivity index (χ0) is 22.1. The van der Waals surface area contributed by atoms with Gasteiger partial charge in [0.05, 0.1) is 11.5 Å². The van der Waals surface area contributed by atoms with Gasteiger partial charge in [-0.25, -0.2) is 4.79 Å². The highest BCUT2D eigenvalue weighted by atomic mass is 16.6. The van der Waals surface area contributed by atoms with Crippen molar-refractivity contribution < 1.29 is 24.1 Å². The molecule has 1 spiro atoms. The van der Waals surface area contributed by atoms with E-state index in [0.717, 1.165) is 18.9 Å². The van der Waals surface area contributed by atoms with Crippen molar-refractivity contribution in [3.05, 3.63) is 39.4 Å². The van der Waals surface area contributed by atoms with Crippen LogP contribution in [0.25, 0.3) is 0 Å². The van der Waals surface area contributed by atoms with Gasteiger partial charge in [0, 0.05) is 17.2 Å². The van der Waals surface area contributed by atoms with Crippen LogP contribution in [0, 0.1) is 23.0 Å². The number of nitrogens with zero attached hydrogens (tertiary/aromatic N) is 2. The van der Waals surface area contributed by atoms with Crippen LogP contribution in [0.15, 0.2) is 18.2 Å². The van der Waals surface area contributed by atoms with Crippen molar-refractivity contribution in [2.24, 2.45) is 5.92 Å². The maximum absolute atomic E-state index is 12.7. The number of hydrogen-bond acceptors (Lipinski definition) is 6. The van der Waals surface area contributed by atoms with Crippen LogP contribution in [0.5, 0.6) is 0 Å². The summed E-state index contributed by atoms with van der Waals surface area (Å²) >= 11 is 0. The number of hydrazine groups is 1. The van der Waals surface area contributed by atoms with Crippen molar-refractivity contribution in [2.75, 3.05) is 6.54 Å². The van der Waals surface area contributed by atoms with Gasteiger partial charge in [-0.15, -0.1) is 0 Å². The Labute approximate surface area is 172 Å². The average molecular weight is 417 g/mol. The molecule has 160 valence electrons. The molecule has 11 heteroatoms. The number of nitro groups is 1. The largest absolute Gasteiger partial charge is 0.344 e. The van der Waals surface area contributed by atoms with E-state index in [1.165, 1.54) is 12.1 Å². The first-order chi connectivity index (χ1) is 14.1. The molecule has 1 aromatic carbocycles. The lowest BCUT2D eigenvalue weighted by Crippen LogP contribution is -2.52. The van der Waals surface area contributed by atoms with E-state index >= 15 is 0 Å². The van der Waals surface area contributed by atoms with Gasteiger partial charge in [-0.3, -0.25) is 29.9 Å². The summed E-state index contributed by atoms with van der Waals surface area (Å²) in [5, 5.41) is 16.7. The molecule has 0 bridgehead atoms. The van der Waals surface area contributed by atoms with Crippen molar-refractivity contribution in [2.45, 2.75) is 45.1 Å². The number of imide groups is 1. The summed E-state index contributed by atoms with van der Waals surface area (Å²) in [6.07, 6.45) is 2.61. The third-order valence-corrected chi connectivity index (χ3v) is 5.60. The van der Waals surface area contributed by atoms with Gasteiger partial charge in [0.25, 0.3) is 23.4 Å². The van der Waals surface area contributed by atoms with E-state index in [1.54, 1.807) is 6.92 Å². The Morgan fingerprint density at radius 2 is 1.97 bits per heavy atom. The number of hydrogen-bond donors (Lipinski definition) is 3. The Kier molecular flexibility index (Phi) is 5.72. The summed E-state index contributed by atoms with van der Waals surface area (Å²) in [6, 6.07) is 3.25. The van der Waals surface area contributed by atoms with Crippen LogP contribution in [0.1, 0.15) is 48.5 Å². The molecule has 1 aliphatic heterocycles. The molecule has 0 atom stereocenters. The Bertz CT molecular complexity index is 922. The van der Waals surface area contributed by atoms with E-state index in [2.05, 4.69) is 23.0 Å². The second-order valence-corrected chi connectivity index (χ2v) is 7.81. The summed E-state index contributed by atoms with van der Waals surface area (Å²) in [5.74, 6) is -1.50. The van der Waals surface area contributed by atoms with Gasteiger partial charge in [0.2, 0.25) is 0 Å². The topological polar surface area (TPSA) is 151 Å². The van der Waals surface area contributed by atoms with Crippen LogP contribution < -0.4 is 16.1 Å². The van der Waals surface area contributed by atoms with Gasteiger partial charge < -0.3 is 10.6 Å². The molecule has 0 radical (unpaired) electrons. The number of aryl methyl sites for hydroxylation is 1. The summed E-state index contributed by atoms with van der Waals surface area (Å²) < 4.78 is 0. The zero-order valence-corrected chi connectivity index (χ0v) is 16.7. The molecule has 0 unspecified atom stereocenters. The Balaban J connectivity index is 1.58. The number of carbonyl (C=O) groups excluding carboxylic acids is 4. The molecular weight excluding hydrogens is 394 g/mol. The number of carbonyl (C=O) groups is 4. The van der Waals surface area contributed by atoms with Crippen LogP contribution in [-0.2, 0) is 9.59 Å². The number of urea groups is 1. The molecule has 30 heavy (non-hydrogen) atoms. The first kappa shape index (κ1) is 21.2. The van der Waals surface area contributed by atoms with Gasteiger partial charge in [0.15, 0.2) is 0 Å². The van der Waals surface area contributed by atoms with Crippen LogP contribution in [0.3, 0.4) is 0 Å². The molecule has 1 saturated heterocycles. The van der Waals surface area contributed by atoms with Crippen LogP contribution >= 0.6 is 0 Å². The molecule has 0 aromatic heterocycles. The molecule has 2 aliphatic rings. The smallest absolute Gasteiger partial charge is 0.343 e. The first-order valence-electron chi connectivity index (χ1n) is 9.62. The highest BCUT2D eigenvalue weighted by Gasteiger charge is 2.52. The lowest BCUT2D eigenvalue weighted by molar-refractivity contribution is -0.385. The van der Waals surface area contributed by atoms with E-state index < -0.39 is 40.8 Å². The number of nitro benzene ring substituents is 1. The fraction of sp³-hybridized carbons (Fsp3) is 0.474. The molecule has 2 fully saturated rings. The highest BCUT2D eigenvalue weighted by molar-refractivity contribution is 6.08. The molecule has 5 amide bonds. The Hall–Kier alpha value is -3.50. The van der Waals surface area contributed by atoms with E-state index in [9.17, 15) is 29.3 Å². The first-order valence-corrected chi connectivity index (χ1v) is 9.62. The minimum absolute atomic E-state index is 0.0189. The lowest BCUT2D eigenvalue weighted by Gasteiger charge is -2.33. The lowest BCUT2D eigenvalue weighted by atomic mass is 9.77. The predicted molar refractivity (Wildman–Crippen MR) is 104 cm³/mol.